The number of carbonyl (C=O) groups is 1. The number of piperidine rings is 1. The number of hydrogen-bond donors (Lipinski definition) is 0. The molecule has 0 aliphatic carbocycles. The molecule has 1 aliphatic heterocycles. The van der Waals surface area contributed by atoms with Gasteiger partial charge in [0.2, 0.25) is 0 Å². The van der Waals surface area contributed by atoms with Crippen molar-refractivity contribution in [1.82, 2.24) is 9.88 Å². The maximum Gasteiger partial charge on any atom is 0.393 e. The Morgan fingerprint density at radius 2 is 2.08 bits per heavy atom. The molecule has 1 saturated heterocycles. The Labute approximate surface area is 137 Å². The van der Waals surface area contributed by atoms with Crippen LogP contribution in [0.4, 0.5) is 13.2 Å². The number of carbonyl (C=O) groups excluding carboxylic acids is 1. The highest BCUT2D eigenvalue weighted by atomic mass is 19.4. The highest BCUT2D eigenvalue weighted by molar-refractivity contribution is 5.95. The standard InChI is InChI=1S/C17H17F3N2O2/c1-24-13-5-7-14-11(9-13)4-6-15(21-14)16(23)22-8-2-3-12(10-22)17(18,19)20/h4-7,9,12H,2-3,8,10H2,1H3. The van der Waals surface area contributed by atoms with Crippen molar-refractivity contribution in [2.45, 2.75) is 19.0 Å². The van der Waals surface area contributed by atoms with E-state index in [1.165, 1.54) is 4.90 Å². The van der Waals surface area contributed by atoms with Crippen molar-refractivity contribution in [1.29, 1.82) is 0 Å². The Morgan fingerprint density at radius 3 is 2.79 bits per heavy atom. The largest absolute Gasteiger partial charge is 0.497 e. The molecule has 1 aromatic heterocycles. The molecule has 3 rings (SSSR count). The maximum absolute atomic E-state index is 12.9. The van der Waals surface area contributed by atoms with Crippen LogP contribution in [0.1, 0.15) is 23.3 Å². The SMILES string of the molecule is COc1ccc2nc(C(=O)N3CCCC(C(F)(F)F)C3)ccc2c1. The van der Waals surface area contributed by atoms with Gasteiger partial charge in [0, 0.05) is 18.5 Å². The fraction of sp³-hybridized carbons (Fsp3) is 0.412. The van der Waals surface area contributed by atoms with Gasteiger partial charge < -0.3 is 9.64 Å². The number of aromatic nitrogens is 1. The second-order valence-corrected chi connectivity index (χ2v) is 5.89. The third-order valence-corrected chi connectivity index (χ3v) is 4.29. The molecule has 0 bridgehead atoms. The first-order valence-electron chi connectivity index (χ1n) is 7.69. The Hall–Kier alpha value is -2.31. The van der Waals surface area contributed by atoms with E-state index in [0.29, 0.717) is 24.2 Å². The fourth-order valence-electron chi connectivity index (χ4n) is 2.94. The van der Waals surface area contributed by atoms with Gasteiger partial charge in [-0.05, 0) is 37.1 Å². The quantitative estimate of drug-likeness (QED) is 0.839. The third kappa shape index (κ3) is 3.29. The minimum Gasteiger partial charge on any atom is -0.497 e. The number of fused-ring (bicyclic) bond motifs is 1. The van der Waals surface area contributed by atoms with E-state index >= 15 is 0 Å². The molecule has 1 unspecified atom stereocenters. The number of halogens is 3. The lowest BCUT2D eigenvalue weighted by Crippen LogP contribution is -2.44. The van der Waals surface area contributed by atoms with E-state index in [9.17, 15) is 18.0 Å². The smallest absolute Gasteiger partial charge is 0.393 e. The van der Waals surface area contributed by atoms with Crippen molar-refractivity contribution in [3.05, 3.63) is 36.0 Å². The van der Waals surface area contributed by atoms with Gasteiger partial charge in [-0.15, -0.1) is 0 Å². The van der Waals surface area contributed by atoms with E-state index in [4.69, 9.17) is 4.74 Å². The number of nitrogens with zero attached hydrogens (tertiary/aromatic N) is 2. The number of ether oxygens (including phenoxy) is 1. The second-order valence-electron chi connectivity index (χ2n) is 5.89. The van der Waals surface area contributed by atoms with Crippen LogP contribution in [-0.4, -0.2) is 42.2 Å². The number of alkyl halides is 3. The molecule has 0 saturated carbocycles. The third-order valence-electron chi connectivity index (χ3n) is 4.29. The number of benzene rings is 1. The van der Waals surface area contributed by atoms with Crippen molar-refractivity contribution in [3.63, 3.8) is 0 Å². The number of pyridine rings is 1. The number of methoxy groups -OCH3 is 1. The molecule has 0 N–H and O–H groups in total. The van der Waals surface area contributed by atoms with Gasteiger partial charge >= 0.3 is 6.18 Å². The van der Waals surface area contributed by atoms with Crippen molar-refractivity contribution >= 4 is 16.8 Å². The summed E-state index contributed by atoms with van der Waals surface area (Å²) in [5.74, 6) is -1.24. The van der Waals surface area contributed by atoms with E-state index in [1.54, 1.807) is 37.4 Å². The topological polar surface area (TPSA) is 42.4 Å². The molecular formula is C17H17F3N2O2. The van der Waals surface area contributed by atoms with Crippen molar-refractivity contribution in [2.75, 3.05) is 20.2 Å². The lowest BCUT2D eigenvalue weighted by Gasteiger charge is -2.33. The van der Waals surface area contributed by atoms with Gasteiger partial charge in [0.05, 0.1) is 18.5 Å². The Balaban J connectivity index is 1.83. The number of rotatable bonds is 2. The summed E-state index contributed by atoms with van der Waals surface area (Å²) < 4.78 is 43.8. The van der Waals surface area contributed by atoms with E-state index in [-0.39, 0.29) is 18.7 Å². The Kier molecular flexibility index (Phi) is 4.34. The van der Waals surface area contributed by atoms with Gasteiger partial charge in [0.1, 0.15) is 11.4 Å². The summed E-state index contributed by atoms with van der Waals surface area (Å²) in [5, 5.41) is 0.803. The van der Waals surface area contributed by atoms with Crippen LogP contribution >= 0.6 is 0 Å². The summed E-state index contributed by atoms with van der Waals surface area (Å²) in [7, 11) is 1.56. The molecule has 1 aliphatic rings. The number of hydrogen-bond acceptors (Lipinski definition) is 3. The van der Waals surface area contributed by atoms with Crippen LogP contribution in [0.15, 0.2) is 30.3 Å². The predicted molar refractivity (Wildman–Crippen MR) is 83.0 cm³/mol. The molecule has 2 heterocycles. The average molecular weight is 338 g/mol. The summed E-state index contributed by atoms with van der Waals surface area (Å²) in [4.78, 5) is 18.0. The van der Waals surface area contributed by atoms with E-state index < -0.39 is 18.0 Å². The summed E-state index contributed by atoms with van der Waals surface area (Å²) in [5.41, 5.74) is 0.765. The van der Waals surface area contributed by atoms with E-state index in [1.807, 2.05) is 0 Å². The van der Waals surface area contributed by atoms with Gasteiger partial charge in [-0.3, -0.25) is 4.79 Å². The molecule has 1 aromatic carbocycles. The first-order chi connectivity index (χ1) is 11.4. The Morgan fingerprint density at radius 1 is 1.29 bits per heavy atom. The zero-order chi connectivity index (χ0) is 17.3. The predicted octanol–water partition coefficient (Wildman–Crippen LogP) is 3.66. The molecule has 24 heavy (non-hydrogen) atoms. The lowest BCUT2D eigenvalue weighted by atomic mass is 9.97. The monoisotopic (exact) mass is 338 g/mol. The normalized spacial score (nSPS) is 18.7. The average Bonchev–Trinajstić information content (AvgIpc) is 2.59. The Bertz CT molecular complexity index is 761. The summed E-state index contributed by atoms with van der Waals surface area (Å²) >= 11 is 0. The van der Waals surface area contributed by atoms with Crippen LogP contribution in [0.3, 0.4) is 0 Å². The zero-order valence-corrected chi connectivity index (χ0v) is 13.1. The molecule has 2 aromatic rings. The molecule has 128 valence electrons. The first-order valence-corrected chi connectivity index (χ1v) is 7.69. The molecule has 0 radical (unpaired) electrons. The molecule has 0 spiro atoms. The fourth-order valence-corrected chi connectivity index (χ4v) is 2.94. The minimum absolute atomic E-state index is 0.0677. The van der Waals surface area contributed by atoms with Crippen molar-refractivity contribution in [3.8, 4) is 5.75 Å². The van der Waals surface area contributed by atoms with E-state index in [0.717, 1.165) is 5.39 Å². The summed E-state index contributed by atoms with van der Waals surface area (Å²) in [6, 6.07) is 8.51. The first kappa shape index (κ1) is 16.5. The van der Waals surface area contributed by atoms with Gasteiger partial charge in [0.15, 0.2) is 0 Å². The molecule has 1 fully saturated rings. The van der Waals surface area contributed by atoms with Crippen LogP contribution in [-0.2, 0) is 0 Å². The van der Waals surface area contributed by atoms with Gasteiger partial charge in [-0.1, -0.05) is 6.07 Å². The number of likely N-dealkylation sites (tertiary alicyclic amines) is 1. The summed E-state index contributed by atoms with van der Waals surface area (Å²) in [6.07, 6.45) is -3.86. The molecule has 1 amide bonds. The van der Waals surface area contributed by atoms with Crippen LogP contribution in [0.25, 0.3) is 10.9 Å². The molecular weight excluding hydrogens is 321 g/mol. The lowest BCUT2D eigenvalue weighted by molar-refractivity contribution is -0.184. The molecule has 1 atom stereocenters. The zero-order valence-electron chi connectivity index (χ0n) is 13.1. The van der Waals surface area contributed by atoms with E-state index in [2.05, 4.69) is 4.98 Å². The highest BCUT2D eigenvalue weighted by Gasteiger charge is 2.42. The second kappa shape index (κ2) is 6.30. The van der Waals surface area contributed by atoms with Gasteiger partial charge in [-0.25, -0.2) is 4.98 Å². The molecule has 4 nitrogen and oxygen atoms in total. The van der Waals surface area contributed by atoms with Crippen molar-refractivity contribution in [2.24, 2.45) is 5.92 Å². The number of amides is 1. The van der Waals surface area contributed by atoms with Crippen molar-refractivity contribution < 1.29 is 22.7 Å². The van der Waals surface area contributed by atoms with Gasteiger partial charge in [-0.2, -0.15) is 13.2 Å². The maximum atomic E-state index is 12.9. The van der Waals surface area contributed by atoms with Crippen LogP contribution in [0.2, 0.25) is 0 Å². The van der Waals surface area contributed by atoms with Crippen LogP contribution in [0, 0.1) is 5.92 Å². The highest BCUT2D eigenvalue weighted by Crippen LogP contribution is 2.33. The van der Waals surface area contributed by atoms with Crippen LogP contribution < -0.4 is 4.74 Å². The summed E-state index contributed by atoms with van der Waals surface area (Å²) in [6.45, 7) is 0.0262. The minimum atomic E-state index is -4.27. The van der Waals surface area contributed by atoms with Crippen LogP contribution in [0.5, 0.6) is 5.75 Å². The van der Waals surface area contributed by atoms with Gasteiger partial charge in [0.25, 0.3) is 5.91 Å². The molecule has 7 heteroatoms.